The Kier molecular flexibility index (Phi) is 6.44. The van der Waals surface area contributed by atoms with Crippen molar-refractivity contribution in [3.05, 3.63) is 79.4 Å². The van der Waals surface area contributed by atoms with Crippen molar-refractivity contribution in [3.8, 4) is 0 Å². The van der Waals surface area contributed by atoms with Crippen LogP contribution in [0.4, 0.5) is 4.39 Å². The summed E-state index contributed by atoms with van der Waals surface area (Å²) in [6.07, 6.45) is 3.04. The van der Waals surface area contributed by atoms with E-state index in [2.05, 4.69) is 45.2 Å². The molecule has 1 nitrogen and oxygen atoms in total. The average molecular weight is 311 g/mol. The molecule has 122 valence electrons. The van der Waals surface area contributed by atoms with Crippen molar-refractivity contribution in [1.29, 1.82) is 0 Å². The van der Waals surface area contributed by atoms with Crippen LogP contribution >= 0.6 is 0 Å². The van der Waals surface area contributed by atoms with Crippen LogP contribution in [0.5, 0.6) is 0 Å². The molecule has 1 atom stereocenters. The fourth-order valence-electron chi connectivity index (χ4n) is 2.07. The maximum absolute atomic E-state index is 14.3. The van der Waals surface area contributed by atoms with Crippen LogP contribution in [0.25, 0.3) is 5.57 Å². The first-order chi connectivity index (χ1) is 10.7. The molecule has 0 saturated carbocycles. The lowest BCUT2D eigenvalue weighted by atomic mass is 9.90. The fraction of sp³-hybridized carbons (Fsp3) is 0.286. The van der Waals surface area contributed by atoms with Crippen LogP contribution in [-0.4, -0.2) is 12.3 Å². The van der Waals surface area contributed by atoms with E-state index < -0.39 is 5.67 Å². The summed E-state index contributed by atoms with van der Waals surface area (Å²) in [6, 6.07) is 7.23. The van der Waals surface area contributed by atoms with E-state index in [1.54, 1.807) is 18.2 Å². The minimum Gasteiger partial charge on any atom is -0.280 e. The van der Waals surface area contributed by atoms with Gasteiger partial charge in [-0.1, -0.05) is 70.0 Å². The van der Waals surface area contributed by atoms with E-state index in [0.717, 1.165) is 22.4 Å². The molecule has 0 aromatic heterocycles. The normalized spacial score (nSPS) is 14.2. The molecule has 0 aliphatic carbocycles. The zero-order chi connectivity index (χ0) is 17.6. The Morgan fingerprint density at radius 3 is 2.22 bits per heavy atom. The molecule has 0 heterocycles. The van der Waals surface area contributed by atoms with Gasteiger partial charge >= 0.3 is 0 Å². The van der Waals surface area contributed by atoms with Gasteiger partial charge in [-0.05, 0) is 35.1 Å². The second-order valence-electron chi connectivity index (χ2n) is 5.99. The summed E-state index contributed by atoms with van der Waals surface area (Å²) in [5.41, 5.74) is 2.44. The van der Waals surface area contributed by atoms with Crippen molar-refractivity contribution >= 4 is 11.3 Å². The Bertz CT molecular complexity index is 630. The van der Waals surface area contributed by atoms with E-state index in [1.807, 2.05) is 12.1 Å². The van der Waals surface area contributed by atoms with Gasteiger partial charge in [0.15, 0.2) is 5.67 Å². The second-order valence-corrected chi connectivity index (χ2v) is 5.99. The molecular weight excluding hydrogens is 285 g/mol. The highest BCUT2D eigenvalue weighted by atomic mass is 19.1. The Balaban J connectivity index is 3.17. The van der Waals surface area contributed by atoms with E-state index in [4.69, 9.17) is 0 Å². The zero-order valence-electron chi connectivity index (χ0n) is 14.4. The molecule has 1 aromatic carbocycles. The van der Waals surface area contributed by atoms with Gasteiger partial charge in [0.25, 0.3) is 0 Å². The lowest BCUT2D eigenvalue weighted by Crippen LogP contribution is -2.12. The monoisotopic (exact) mass is 311 g/mol. The number of allylic oxidation sites excluding steroid dienone is 3. The number of hydrogen-bond donors (Lipinski definition) is 0. The summed E-state index contributed by atoms with van der Waals surface area (Å²) in [5, 5.41) is 0. The minimum atomic E-state index is -1.54. The Labute approximate surface area is 139 Å². The molecule has 1 aromatic rings. The molecule has 0 saturated heterocycles. The zero-order valence-corrected chi connectivity index (χ0v) is 14.4. The molecule has 0 radical (unpaired) electrons. The molecule has 0 N–H and O–H groups in total. The van der Waals surface area contributed by atoms with Crippen molar-refractivity contribution in [2.75, 3.05) is 6.54 Å². The molecular formula is C21H26FN. The van der Waals surface area contributed by atoms with Crippen LogP contribution in [0.15, 0.2) is 73.3 Å². The molecule has 0 aliphatic rings. The van der Waals surface area contributed by atoms with Gasteiger partial charge in [-0.3, -0.25) is 4.99 Å². The molecule has 1 rings (SSSR count). The summed E-state index contributed by atoms with van der Waals surface area (Å²) in [6.45, 7) is 21.7. The molecule has 2 heteroatoms. The van der Waals surface area contributed by atoms with Crippen molar-refractivity contribution in [1.82, 2.24) is 0 Å². The molecule has 0 amide bonds. The lowest BCUT2D eigenvalue weighted by Gasteiger charge is -2.18. The van der Waals surface area contributed by atoms with Crippen molar-refractivity contribution in [3.63, 3.8) is 0 Å². The number of hydrogen-bond acceptors (Lipinski definition) is 1. The van der Waals surface area contributed by atoms with E-state index >= 15 is 0 Å². The van der Waals surface area contributed by atoms with Crippen molar-refractivity contribution in [2.45, 2.75) is 26.4 Å². The van der Waals surface area contributed by atoms with Gasteiger partial charge in [0.2, 0.25) is 0 Å². The van der Waals surface area contributed by atoms with Crippen LogP contribution < -0.4 is 0 Å². The Hall–Kier alpha value is -2.22. The summed E-state index contributed by atoms with van der Waals surface area (Å²) < 4.78 is 14.3. The first kappa shape index (κ1) is 18.8. The van der Waals surface area contributed by atoms with Crippen LogP contribution in [0.2, 0.25) is 0 Å². The summed E-state index contributed by atoms with van der Waals surface area (Å²) in [5.74, 6) is 0.268. The molecule has 0 spiro atoms. The first-order valence-corrected chi connectivity index (χ1v) is 7.71. The molecule has 0 fully saturated rings. The van der Waals surface area contributed by atoms with Gasteiger partial charge in [-0.15, -0.1) is 6.58 Å². The number of nitrogens with zero attached hydrogens (tertiary/aromatic N) is 1. The van der Waals surface area contributed by atoms with Gasteiger partial charge in [0.05, 0.1) is 12.3 Å². The number of alkyl halides is 1. The van der Waals surface area contributed by atoms with Gasteiger partial charge in [-0.2, -0.15) is 0 Å². The van der Waals surface area contributed by atoms with Crippen LogP contribution in [0, 0.1) is 5.92 Å². The topological polar surface area (TPSA) is 12.4 Å². The number of aliphatic imine (C=N–C) groups is 1. The predicted octanol–water partition coefficient (Wildman–Crippen LogP) is 5.91. The Morgan fingerprint density at radius 2 is 1.78 bits per heavy atom. The van der Waals surface area contributed by atoms with Crippen molar-refractivity contribution in [2.24, 2.45) is 10.9 Å². The molecule has 23 heavy (non-hydrogen) atoms. The highest BCUT2D eigenvalue weighted by Crippen LogP contribution is 2.29. The van der Waals surface area contributed by atoms with Crippen molar-refractivity contribution < 1.29 is 4.39 Å². The van der Waals surface area contributed by atoms with Crippen LogP contribution in [-0.2, 0) is 5.67 Å². The van der Waals surface area contributed by atoms with Gasteiger partial charge in [-0.25, -0.2) is 4.39 Å². The van der Waals surface area contributed by atoms with Gasteiger partial charge in [0, 0.05) is 0 Å². The third kappa shape index (κ3) is 4.62. The highest BCUT2D eigenvalue weighted by Gasteiger charge is 2.21. The smallest absolute Gasteiger partial charge is 0.151 e. The number of halogens is 1. The third-order valence-electron chi connectivity index (χ3n) is 3.85. The summed E-state index contributed by atoms with van der Waals surface area (Å²) >= 11 is 0. The largest absolute Gasteiger partial charge is 0.280 e. The van der Waals surface area contributed by atoms with Gasteiger partial charge in [0.1, 0.15) is 0 Å². The standard InChI is InChI=1S/C21H26FN/c1-8-14-23-20(16(5)15(3)4)17(6)18-10-12-19(13-11-18)21(7,22)9-2/h8-13,15H,1-2,5-6,14H2,3-4,7H3. The number of benzene rings is 1. The van der Waals surface area contributed by atoms with E-state index in [-0.39, 0.29) is 5.92 Å². The average Bonchev–Trinajstić information content (AvgIpc) is 2.54. The summed E-state index contributed by atoms with van der Waals surface area (Å²) in [4.78, 5) is 4.54. The van der Waals surface area contributed by atoms with E-state index in [0.29, 0.717) is 12.1 Å². The second kappa shape index (κ2) is 7.87. The molecule has 0 bridgehead atoms. The van der Waals surface area contributed by atoms with E-state index in [1.165, 1.54) is 13.0 Å². The van der Waals surface area contributed by atoms with Crippen LogP contribution in [0.1, 0.15) is 31.9 Å². The molecule has 1 unspecified atom stereocenters. The molecule has 0 aliphatic heterocycles. The highest BCUT2D eigenvalue weighted by molar-refractivity contribution is 6.31. The predicted molar refractivity (Wildman–Crippen MR) is 101 cm³/mol. The third-order valence-corrected chi connectivity index (χ3v) is 3.85. The minimum absolute atomic E-state index is 0.268. The maximum Gasteiger partial charge on any atom is 0.151 e. The lowest BCUT2D eigenvalue weighted by molar-refractivity contribution is 0.264. The summed E-state index contributed by atoms with van der Waals surface area (Å²) in [7, 11) is 0. The fourth-order valence-corrected chi connectivity index (χ4v) is 2.07. The number of rotatable bonds is 8. The Morgan fingerprint density at radius 1 is 1.22 bits per heavy atom. The maximum atomic E-state index is 14.3. The van der Waals surface area contributed by atoms with Crippen LogP contribution in [0.3, 0.4) is 0 Å². The first-order valence-electron chi connectivity index (χ1n) is 7.71. The van der Waals surface area contributed by atoms with E-state index in [9.17, 15) is 4.39 Å². The quantitative estimate of drug-likeness (QED) is 0.418. The van der Waals surface area contributed by atoms with Gasteiger partial charge < -0.3 is 0 Å². The SMILES string of the molecule is C=CCN=C(C(=C)c1ccc(C(C)(F)C=C)cc1)C(=C)C(C)C.